The Morgan fingerprint density at radius 2 is 1.61 bits per heavy atom. The summed E-state index contributed by atoms with van der Waals surface area (Å²) in [5, 5.41) is 7.16. The fourth-order valence-corrected chi connectivity index (χ4v) is 3.23. The molecular formula is C22H13BrCl3N3O4. The lowest BCUT2D eigenvalue weighted by molar-refractivity contribution is -0.136. The van der Waals surface area contributed by atoms with E-state index >= 15 is 0 Å². The smallest absolute Gasteiger partial charge is 0.343 e. The Kier molecular flexibility index (Phi) is 8.46. The number of esters is 1. The van der Waals surface area contributed by atoms with E-state index < -0.39 is 17.8 Å². The van der Waals surface area contributed by atoms with Gasteiger partial charge in [-0.1, -0.05) is 50.7 Å². The van der Waals surface area contributed by atoms with E-state index in [4.69, 9.17) is 39.5 Å². The molecule has 0 heterocycles. The first-order valence-electron chi connectivity index (χ1n) is 9.09. The lowest BCUT2D eigenvalue weighted by atomic mass is 10.2. The molecule has 0 saturated heterocycles. The second-order valence-electron chi connectivity index (χ2n) is 6.36. The van der Waals surface area contributed by atoms with Crippen molar-refractivity contribution in [2.24, 2.45) is 5.10 Å². The molecule has 33 heavy (non-hydrogen) atoms. The van der Waals surface area contributed by atoms with Gasteiger partial charge in [-0.3, -0.25) is 9.59 Å². The maximum Gasteiger partial charge on any atom is 0.343 e. The second-order valence-corrected chi connectivity index (χ2v) is 8.53. The summed E-state index contributed by atoms with van der Waals surface area (Å²) >= 11 is 20.9. The number of rotatable bonds is 5. The third-order valence-electron chi connectivity index (χ3n) is 4.01. The van der Waals surface area contributed by atoms with Crippen molar-refractivity contribution in [3.05, 3.63) is 91.3 Å². The number of benzene rings is 3. The van der Waals surface area contributed by atoms with Crippen molar-refractivity contribution in [1.29, 1.82) is 0 Å². The number of hydrogen-bond donors (Lipinski definition) is 2. The van der Waals surface area contributed by atoms with E-state index in [1.807, 2.05) is 0 Å². The van der Waals surface area contributed by atoms with Crippen LogP contribution in [0.2, 0.25) is 15.1 Å². The molecule has 168 valence electrons. The van der Waals surface area contributed by atoms with E-state index in [0.29, 0.717) is 25.6 Å². The average Bonchev–Trinajstić information content (AvgIpc) is 2.78. The number of carbonyl (C=O) groups is 3. The van der Waals surface area contributed by atoms with Crippen molar-refractivity contribution in [2.75, 3.05) is 5.32 Å². The molecule has 0 saturated carbocycles. The summed E-state index contributed by atoms with van der Waals surface area (Å²) in [6.45, 7) is 0. The topological polar surface area (TPSA) is 96.9 Å². The van der Waals surface area contributed by atoms with Crippen LogP contribution in [0.4, 0.5) is 5.69 Å². The van der Waals surface area contributed by atoms with Crippen molar-refractivity contribution in [3.63, 3.8) is 0 Å². The van der Waals surface area contributed by atoms with E-state index in [-0.39, 0.29) is 16.5 Å². The molecule has 0 aliphatic carbocycles. The molecule has 11 heteroatoms. The summed E-state index contributed by atoms with van der Waals surface area (Å²) in [6, 6.07) is 15.4. The van der Waals surface area contributed by atoms with Crippen LogP contribution < -0.4 is 15.5 Å². The summed E-state index contributed by atoms with van der Waals surface area (Å²) in [6.07, 6.45) is 1.24. The molecule has 0 spiro atoms. The van der Waals surface area contributed by atoms with Crippen molar-refractivity contribution >= 4 is 80.4 Å². The van der Waals surface area contributed by atoms with E-state index in [0.717, 1.165) is 0 Å². The zero-order valence-electron chi connectivity index (χ0n) is 16.4. The Hall–Kier alpha value is -2.91. The van der Waals surface area contributed by atoms with Crippen molar-refractivity contribution in [2.45, 2.75) is 0 Å². The third kappa shape index (κ3) is 7.03. The van der Waals surface area contributed by atoms with Gasteiger partial charge in [0, 0.05) is 20.7 Å². The summed E-state index contributed by atoms with van der Waals surface area (Å²) in [5.41, 5.74) is 3.07. The van der Waals surface area contributed by atoms with Gasteiger partial charge in [0.15, 0.2) is 0 Å². The number of carbonyl (C=O) groups excluding carboxylic acids is 3. The molecule has 0 atom stereocenters. The van der Waals surface area contributed by atoms with Gasteiger partial charge in [-0.2, -0.15) is 5.10 Å². The Balaban J connectivity index is 1.66. The van der Waals surface area contributed by atoms with Crippen LogP contribution in [0.3, 0.4) is 0 Å². The van der Waals surface area contributed by atoms with Crippen LogP contribution >= 0.6 is 50.7 Å². The van der Waals surface area contributed by atoms with Crippen molar-refractivity contribution in [1.82, 2.24) is 5.43 Å². The van der Waals surface area contributed by atoms with Gasteiger partial charge in [0.1, 0.15) is 5.75 Å². The fourth-order valence-electron chi connectivity index (χ4n) is 2.43. The van der Waals surface area contributed by atoms with Gasteiger partial charge < -0.3 is 10.1 Å². The number of nitrogens with zero attached hydrogens (tertiary/aromatic N) is 1. The number of amides is 2. The zero-order chi connectivity index (χ0) is 24.0. The van der Waals surface area contributed by atoms with E-state index in [1.54, 1.807) is 30.3 Å². The first kappa shape index (κ1) is 24.7. The molecule has 7 nitrogen and oxygen atoms in total. The number of hydrazone groups is 1. The minimum Gasteiger partial charge on any atom is -0.422 e. The van der Waals surface area contributed by atoms with Crippen LogP contribution in [0, 0.1) is 0 Å². The molecule has 0 fully saturated rings. The Morgan fingerprint density at radius 3 is 2.30 bits per heavy atom. The zero-order valence-corrected chi connectivity index (χ0v) is 20.3. The first-order valence-corrected chi connectivity index (χ1v) is 11.0. The predicted molar refractivity (Wildman–Crippen MR) is 131 cm³/mol. The van der Waals surface area contributed by atoms with Crippen LogP contribution in [0.5, 0.6) is 5.75 Å². The highest BCUT2D eigenvalue weighted by Crippen LogP contribution is 2.25. The van der Waals surface area contributed by atoms with Crippen LogP contribution in [0.1, 0.15) is 15.9 Å². The summed E-state index contributed by atoms with van der Waals surface area (Å²) in [5.74, 6) is -2.40. The summed E-state index contributed by atoms with van der Waals surface area (Å²) < 4.78 is 6.10. The van der Waals surface area contributed by atoms with Crippen molar-refractivity contribution in [3.8, 4) is 5.75 Å². The summed E-state index contributed by atoms with van der Waals surface area (Å²) in [7, 11) is 0. The van der Waals surface area contributed by atoms with Gasteiger partial charge in [0.25, 0.3) is 0 Å². The third-order valence-corrected chi connectivity index (χ3v) is 5.49. The maximum absolute atomic E-state index is 12.4. The average molecular weight is 570 g/mol. The molecule has 2 amide bonds. The van der Waals surface area contributed by atoms with Gasteiger partial charge in [0.2, 0.25) is 0 Å². The van der Waals surface area contributed by atoms with Gasteiger partial charge in [-0.05, 0) is 60.7 Å². The minimum atomic E-state index is -1.02. The maximum atomic E-state index is 12.4. The predicted octanol–water partition coefficient (Wildman–Crippen LogP) is 5.72. The quantitative estimate of drug-likeness (QED) is 0.135. The van der Waals surface area contributed by atoms with E-state index in [9.17, 15) is 14.4 Å². The highest BCUT2D eigenvalue weighted by molar-refractivity contribution is 9.10. The number of ether oxygens (including phenoxy) is 1. The van der Waals surface area contributed by atoms with Gasteiger partial charge in [-0.25, -0.2) is 10.2 Å². The van der Waals surface area contributed by atoms with Crippen LogP contribution in [-0.2, 0) is 9.59 Å². The molecule has 3 aromatic carbocycles. The molecule has 3 rings (SSSR count). The molecule has 0 radical (unpaired) electrons. The number of anilines is 1. The van der Waals surface area contributed by atoms with Gasteiger partial charge in [-0.15, -0.1) is 0 Å². The first-order chi connectivity index (χ1) is 15.7. The number of hydrogen-bond acceptors (Lipinski definition) is 5. The van der Waals surface area contributed by atoms with Crippen LogP contribution in [0.15, 0.2) is 70.2 Å². The summed E-state index contributed by atoms with van der Waals surface area (Å²) in [4.78, 5) is 36.5. The minimum absolute atomic E-state index is 0.191. The van der Waals surface area contributed by atoms with Crippen LogP contribution in [0.25, 0.3) is 0 Å². The molecule has 2 N–H and O–H groups in total. The molecule has 3 aromatic rings. The van der Waals surface area contributed by atoms with Gasteiger partial charge >= 0.3 is 17.8 Å². The Labute approximate surface area is 211 Å². The van der Waals surface area contributed by atoms with Gasteiger partial charge in [0.05, 0.1) is 21.8 Å². The second kappa shape index (κ2) is 11.3. The van der Waals surface area contributed by atoms with Crippen molar-refractivity contribution < 1.29 is 19.1 Å². The highest BCUT2D eigenvalue weighted by Gasteiger charge is 2.15. The largest absolute Gasteiger partial charge is 0.422 e. The lowest BCUT2D eigenvalue weighted by Crippen LogP contribution is -2.32. The van der Waals surface area contributed by atoms with E-state index in [2.05, 4.69) is 31.8 Å². The molecule has 0 unspecified atom stereocenters. The molecule has 0 aliphatic rings. The molecule has 0 aromatic heterocycles. The fraction of sp³-hybridized carbons (Fsp3) is 0. The lowest BCUT2D eigenvalue weighted by Gasteiger charge is -2.08. The van der Waals surface area contributed by atoms with E-state index in [1.165, 1.54) is 36.5 Å². The highest BCUT2D eigenvalue weighted by atomic mass is 79.9. The monoisotopic (exact) mass is 567 g/mol. The molecule has 0 bridgehead atoms. The number of halogens is 4. The normalized spacial score (nSPS) is 10.7. The SMILES string of the molecule is O=C(NN=Cc1cc(Br)ccc1OC(=O)c1ccc(Cl)cc1)C(=O)Nc1ccc(Cl)c(Cl)c1. The molecule has 0 aliphatic heterocycles. The Morgan fingerprint density at radius 1 is 0.879 bits per heavy atom. The van der Waals surface area contributed by atoms with Crippen LogP contribution in [-0.4, -0.2) is 24.0 Å². The molecular weight excluding hydrogens is 557 g/mol. The standard InChI is InChI=1S/C22H13BrCl3N3O4/c23-14-3-8-19(33-22(32)12-1-4-15(24)5-2-12)13(9-14)11-27-29-21(31)20(30)28-16-6-7-17(25)18(26)10-16/h1-11H,(H,28,30)(H,29,31). The number of nitrogens with one attached hydrogen (secondary N) is 2. The Bertz CT molecular complexity index is 1250.